The van der Waals surface area contributed by atoms with E-state index in [0.29, 0.717) is 61.9 Å². The van der Waals surface area contributed by atoms with E-state index in [-0.39, 0.29) is 12.3 Å². The lowest BCUT2D eigenvalue weighted by molar-refractivity contribution is -0.120. The van der Waals surface area contributed by atoms with Gasteiger partial charge in [0.25, 0.3) is 11.8 Å². The fourth-order valence-corrected chi connectivity index (χ4v) is 4.20. The minimum Gasteiger partial charge on any atom is -0.494 e. The molecule has 2 amide bonds. The molecule has 8 heteroatoms. The Morgan fingerprint density at radius 1 is 1.00 bits per heavy atom. The van der Waals surface area contributed by atoms with E-state index in [1.165, 1.54) is 18.2 Å². The number of carbonyl (C=O) groups is 2. The van der Waals surface area contributed by atoms with Crippen LogP contribution in [0.2, 0.25) is 0 Å². The zero-order chi connectivity index (χ0) is 23.4. The lowest BCUT2D eigenvalue weighted by Gasteiger charge is -2.36. The SMILES string of the molecule is CCCOc1ccc(C2=C(N3CCN(CCO)CC3)C(=O)N(c3cccc(F)c3)C2=O)cc1. The van der Waals surface area contributed by atoms with Crippen LogP contribution in [0.1, 0.15) is 18.9 Å². The van der Waals surface area contributed by atoms with Crippen LogP contribution in [0.25, 0.3) is 5.57 Å². The molecule has 0 atom stereocenters. The molecule has 0 radical (unpaired) electrons. The third kappa shape index (κ3) is 4.77. The number of rotatable bonds is 8. The highest BCUT2D eigenvalue weighted by Gasteiger charge is 2.43. The number of aliphatic hydroxyl groups excluding tert-OH is 1. The second-order valence-electron chi connectivity index (χ2n) is 8.07. The molecule has 0 aliphatic carbocycles. The average molecular weight is 454 g/mol. The normalized spacial score (nSPS) is 17.3. The molecule has 0 unspecified atom stereocenters. The van der Waals surface area contributed by atoms with E-state index in [1.54, 1.807) is 30.3 Å². The number of nitrogens with zero attached hydrogens (tertiary/aromatic N) is 3. The summed E-state index contributed by atoms with van der Waals surface area (Å²) in [4.78, 5) is 32.1. The van der Waals surface area contributed by atoms with Gasteiger partial charge >= 0.3 is 0 Å². The van der Waals surface area contributed by atoms with E-state index in [0.717, 1.165) is 11.3 Å². The largest absolute Gasteiger partial charge is 0.494 e. The Bertz CT molecular complexity index is 1050. The van der Waals surface area contributed by atoms with Crippen LogP contribution in [0.4, 0.5) is 10.1 Å². The van der Waals surface area contributed by atoms with Crippen molar-refractivity contribution in [3.63, 3.8) is 0 Å². The van der Waals surface area contributed by atoms with E-state index in [2.05, 4.69) is 4.90 Å². The summed E-state index contributed by atoms with van der Waals surface area (Å²) in [6.45, 7) is 5.70. The fourth-order valence-electron chi connectivity index (χ4n) is 4.20. The van der Waals surface area contributed by atoms with E-state index in [1.807, 2.05) is 11.8 Å². The molecule has 2 aromatic carbocycles. The van der Waals surface area contributed by atoms with Crippen LogP contribution >= 0.6 is 0 Å². The maximum Gasteiger partial charge on any atom is 0.282 e. The number of imide groups is 1. The number of aliphatic hydroxyl groups is 1. The van der Waals surface area contributed by atoms with Crippen molar-refractivity contribution in [1.29, 1.82) is 0 Å². The van der Waals surface area contributed by atoms with Gasteiger partial charge in [-0.1, -0.05) is 25.1 Å². The van der Waals surface area contributed by atoms with Crippen LogP contribution < -0.4 is 9.64 Å². The zero-order valence-corrected chi connectivity index (χ0v) is 18.7. The van der Waals surface area contributed by atoms with E-state index in [4.69, 9.17) is 4.74 Å². The molecule has 1 fully saturated rings. The lowest BCUT2D eigenvalue weighted by Crippen LogP contribution is -2.48. The number of anilines is 1. The first-order valence-electron chi connectivity index (χ1n) is 11.2. The lowest BCUT2D eigenvalue weighted by atomic mass is 10.0. The summed E-state index contributed by atoms with van der Waals surface area (Å²) in [7, 11) is 0. The molecule has 0 spiro atoms. The molecule has 2 aromatic rings. The summed E-state index contributed by atoms with van der Waals surface area (Å²) in [5.74, 6) is -0.750. The molecule has 0 bridgehead atoms. The van der Waals surface area contributed by atoms with E-state index >= 15 is 0 Å². The molecule has 2 heterocycles. The van der Waals surface area contributed by atoms with Crippen LogP contribution in [-0.4, -0.2) is 72.7 Å². The van der Waals surface area contributed by atoms with Gasteiger partial charge in [-0.3, -0.25) is 14.5 Å². The topological polar surface area (TPSA) is 73.3 Å². The zero-order valence-electron chi connectivity index (χ0n) is 18.7. The Hall–Kier alpha value is -3.23. The number of benzene rings is 2. The Balaban J connectivity index is 1.70. The first-order chi connectivity index (χ1) is 16.0. The minimum absolute atomic E-state index is 0.0746. The van der Waals surface area contributed by atoms with Crippen molar-refractivity contribution in [2.24, 2.45) is 0 Å². The van der Waals surface area contributed by atoms with Gasteiger partial charge in [0.05, 0.1) is 24.5 Å². The van der Waals surface area contributed by atoms with Gasteiger partial charge in [0.15, 0.2) is 0 Å². The quantitative estimate of drug-likeness (QED) is 0.620. The van der Waals surface area contributed by atoms with Crippen LogP contribution in [-0.2, 0) is 9.59 Å². The Morgan fingerprint density at radius 3 is 2.36 bits per heavy atom. The number of amides is 2. The van der Waals surface area contributed by atoms with Gasteiger partial charge in [0.1, 0.15) is 17.3 Å². The Kier molecular flexibility index (Phi) is 7.05. The molecule has 174 valence electrons. The number of hydrogen-bond acceptors (Lipinski definition) is 6. The van der Waals surface area contributed by atoms with Crippen molar-refractivity contribution in [1.82, 2.24) is 9.80 Å². The van der Waals surface area contributed by atoms with Gasteiger partial charge in [-0.2, -0.15) is 0 Å². The van der Waals surface area contributed by atoms with Crippen molar-refractivity contribution in [2.75, 3.05) is 50.8 Å². The predicted octanol–water partition coefficient (Wildman–Crippen LogP) is 2.51. The maximum atomic E-state index is 13.9. The van der Waals surface area contributed by atoms with Gasteiger partial charge in [-0.25, -0.2) is 9.29 Å². The first-order valence-corrected chi connectivity index (χ1v) is 11.2. The van der Waals surface area contributed by atoms with Gasteiger partial charge in [0.2, 0.25) is 0 Å². The van der Waals surface area contributed by atoms with Crippen molar-refractivity contribution < 1.29 is 23.8 Å². The molecule has 2 aliphatic heterocycles. The third-order valence-corrected chi connectivity index (χ3v) is 5.85. The molecule has 7 nitrogen and oxygen atoms in total. The summed E-state index contributed by atoms with van der Waals surface area (Å²) in [5.41, 5.74) is 1.46. The Morgan fingerprint density at radius 2 is 1.73 bits per heavy atom. The second kappa shape index (κ2) is 10.1. The molecule has 0 saturated carbocycles. The van der Waals surface area contributed by atoms with Gasteiger partial charge in [-0.15, -0.1) is 0 Å². The first kappa shape index (κ1) is 22.9. The standard InChI is InChI=1S/C25H28FN3O4/c1-2-16-33-21-8-6-18(7-9-21)22-23(28-12-10-27(11-13-28)14-15-30)25(32)29(24(22)31)20-5-3-4-19(26)17-20/h3-9,17,30H,2,10-16H2,1H3. The molecular formula is C25H28FN3O4. The molecular weight excluding hydrogens is 425 g/mol. The van der Waals surface area contributed by atoms with E-state index in [9.17, 15) is 19.1 Å². The monoisotopic (exact) mass is 453 g/mol. The Labute approximate surface area is 192 Å². The molecule has 0 aromatic heterocycles. The number of piperazine rings is 1. The highest BCUT2D eigenvalue weighted by atomic mass is 19.1. The van der Waals surface area contributed by atoms with Gasteiger partial charge in [-0.05, 0) is 42.3 Å². The van der Waals surface area contributed by atoms with Gasteiger partial charge < -0.3 is 14.7 Å². The second-order valence-corrected chi connectivity index (χ2v) is 8.07. The average Bonchev–Trinajstić information content (AvgIpc) is 3.08. The third-order valence-electron chi connectivity index (χ3n) is 5.85. The predicted molar refractivity (Wildman–Crippen MR) is 123 cm³/mol. The highest BCUT2D eigenvalue weighted by Crippen LogP contribution is 2.36. The number of ether oxygens (including phenoxy) is 1. The van der Waals surface area contributed by atoms with Crippen LogP contribution in [0, 0.1) is 5.82 Å². The molecule has 1 N–H and O–H groups in total. The highest BCUT2D eigenvalue weighted by molar-refractivity contribution is 6.45. The van der Waals surface area contributed by atoms with Crippen LogP contribution in [0.3, 0.4) is 0 Å². The molecule has 4 rings (SSSR count). The number of β-amino-alcohol motifs (C(OH)–C–C–N with tert-alkyl or cyclic N) is 1. The number of carbonyl (C=O) groups excluding carboxylic acids is 2. The summed E-state index contributed by atoms with van der Waals surface area (Å²) in [6.07, 6.45) is 0.884. The van der Waals surface area contributed by atoms with Crippen molar-refractivity contribution >= 4 is 23.1 Å². The van der Waals surface area contributed by atoms with Crippen molar-refractivity contribution in [2.45, 2.75) is 13.3 Å². The summed E-state index contributed by atoms with van der Waals surface area (Å²) in [5, 5.41) is 9.21. The summed E-state index contributed by atoms with van der Waals surface area (Å²) < 4.78 is 19.5. The van der Waals surface area contributed by atoms with Crippen LogP contribution in [0.15, 0.2) is 54.2 Å². The summed E-state index contributed by atoms with van der Waals surface area (Å²) >= 11 is 0. The number of hydrogen-bond donors (Lipinski definition) is 1. The molecule has 1 saturated heterocycles. The molecule has 33 heavy (non-hydrogen) atoms. The maximum absolute atomic E-state index is 13.9. The van der Waals surface area contributed by atoms with Crippen LogP contribution in [0.5, 0.6) is 5.75 Å². The minimum atomic E-state index is -0.516. The van der Waals surface area contributed by atoms with Crippen molar-refractivity contribution in [3.05, 3.63) is 65.6 Å². The van der Waals surface area contributed by atoms with Crippen molar-refractivity contribution in [3.8, 4) is 5.75 Å². The van der Waals surface area contributed by atoms with Gasteiger partial charge in [0, 0.05) is 32.7 Å². The number of halogens is 1. The summed E-state index contributed by atoms with van der Waals surface area (Å²) in [6, 6.07) is 12.6. The smallest absolute Gasteiger partial charge is 0.282 e. The van der Waals surface area contributed by atoms with E-state index < -0.39 is 17.6 Å². The molecule has 2 aliphatic rings. The fraction of sp³-hybridized carbons (Fsp3) is 0.360.